The van der Waals surface area contributed by atoms with E-state index in [1.165, 1.54) is 6.92 Å². The van der Waals surface area contributed by atoms with E-state index < -0.39 is 14.9 Å². The Morgan fingerprint density at radius 3 is 2.43 bits per heavy atom. The van der Waals surface area contributed by atoms with Crippen molar-refractivity contribution in [3.63, 3.8) is 0 Å². The summed E-state index contributed by atoms with van der Waals surface area (Å²) in [6, 6.07) is 2.06. The van der Waals surface area contributed by atoms with Gasteiger partial charge in [0, 0.05) is 6.07 Å². The molecule has 0 aliphatic rings. The molecule has 0 fully saturated rings. The summed E-state index contributed by atoms with van der Waals surface area (Å²) in [4.78, 5) is 13.2. The maximum atomic E-state index is 10.8. The van der Waals surface area contributed by atoms with Crippen LogP contribution in [0.3, 0.4) is 0 Å². The fourth-order valence-electron chi connectivity index (χ4n) is 0.882. The van der Waals surface area contributed by atoms with Gasteiger partial charge in [0.25, 0.3) is 15.7 Å². The van der Waals surface area contributed by atoms with Crippen molar-refractivity contribution in [3.8, 4) is 0 Å². The zero-order valence-corrected chi connectivity index (χ0v) is 7.98. The lowest BCUT2D eigenvalue weighted by Gasteiger charge is -1.99. The molecule has 0 unspecified atom stereocenters. The number of aryl methyl sites for hydroxylation is 1. The van der Waals surface area contributed by atoms with E-state index in [4.69, 9.17) is 5.14 Å². The summed E-state index contributed by atoms with van der Waals surface area (Å²) in [6.45, 7) is 1.34. The number of nitrogens with two attached hydrogens (primary N) is 1. The van der Waals surface area contributed by atoms with Crippen molar-refractivity contribution >= 4 is 15.7 Å². The minimum atomic E-state index is -3.90. The molecule has 0 aromatic carbocycles. The number of hydrogen-bond acceptors (Lipinski definition) is 5. The van der Waals surface area contributed by atoms with Gasteiger partial charge in [0.05, 0.1) is 4.92 Å². The number of primary sulfonamides is 1. The molecule has 0 bridgehead atoms. The Labute approximate surface area is 79.8 Å². The summed E-state index contributed by atoms with van der Waals surface area (Å²) in [5, 5.41) is 14.8. The second kappa shape index (κ2) is 3.31. The molecular formula is C6H7N3O4S. The molecule has 0 aliphatic heterocycles. The Bertz CT molecular complexity index is 482. The lowest BCUT2D eigenvalue weighted by molar-refractivity contribution is -0.385. The average molecular weight is 217 g/mol. The highest BCUT2D eigenvalue weighted by Crippen LogP contribution is 2.16. The van der Waals surface area contributed by atoms with E-state index in [1.807, 2.05) is 0 Å². The van der Waals surface area contributed by atoms with Crippen LogP contribution in [0, 0.1) is 17.0 Å². The molecule has 0 aliphatic carbocycles. The number of rotatable bonds is 2. The third-order valence-electron chi connectivity index (χ3n) is 1.52. The lowest BCUT2D eigenvalue weighted by Crippen LogP contribution is -2.14. The number of sulfonamides is 1. The Balaban J connectivity index is 3.34. The summed E-state index contributed by atoms with van der Waals surface area (Å²) in [5.74, 6) is 0. The number of nitrogens with zero attached hydrogens (tertiary/aromatic N) is 2. The highest BCUT2D eigenvalue weighted by Gasteiger charge is 2.16. The van der Waals surface area contributed by atoms with E-state index in [1.54, 1.807) is 0 Å². The molecule has 8 heteroatoms. The number of pyridine rings is 1. The second-order valence-corrected chi connectivity index (χ2v) is 4.06. The summed E-state index contributed by atoms with van der Waals surface area (Å²) >= 11 is 0. The van der Waals surface area contributed by atoms with E-state index in [2.05, 4.69) is 4.98 Å². The Kier molecular flexibility index (Phi) is 2.49. The van der Waals surface area contributed by atoms with Gasteiger partial charge in [-0.25, -0.2) is 18.5 Å². The average Bonchev–Trinajstić information content (AvgIpc) is 2.01. The molecule has 1 aromatic rings. The number of nitro groups is 1. The highest BCUT2D eigenvalue weighted by atomic mass is 32.2. The molecule has 1 aromatic heterocycles. The fourth-order valence-corrected chi connectivity index (χ4v) is 1.40. The van der Waals surface area contributed by atoms with Crippen LogP contribution >= 0.6 is 0 Å². The molecule has 7 nitrogen and oxygen atoms in total. The minimum Gasteiger partial charge on any atom is -0.258 e. The van der Waals surface area contributed by atoms with Crippen LogP contribution in [0.5, 0.6) is 0 Å². The first kappa shape index (κ1) is 10.5. The number of hydrogen-bond donors (Lipinski definition) is 1. The largest absolute Gasteiger partial charge is 0.290 e. The Hall–Kier alpha value is -1.54. The van der Waals surface area contributed by atoms with Gasteiger partial charge in [0.1, 0.15) is 5.69 Å². The molecule has 1 rings (SSSR count). The smallest absolute Gasteiger partial charge is 0.258 e. The quantitative estimate of drug-likeness (QED) is 0.550. The topological polar surface area (TPSA) is 116 Å². The van der Waals surface area contributed by atoms with Gasteiger partial charge >= 0.3 is 0 Å². The monoisotopic (exact) mass is 217 g/mol. The van der Waals surface area contributed by atoms with Crippen LogP contribution in [0.1, 0.15) is 5.69 Å². The minimum absolute atomic E-state index is 0.0153. The molecule has 0 amide bonds. The predicted molar refractivity (Wildman–Crippen MR) is 47.0 cm³/mol. The normalized spacial score (nSPS) is 11.3. The predicted octanol–water partition coefficient (Wildman–Crippen LogP) is -0.0544. The van der Waals surface area contributed by atoms with Gasteiger partial charge in [0.2, 0.25) is 0 Å². The SMILES string of the molecule is Cc1nc(S(N)(=O)=O)ccc1[N+](=O)[O-]. The highest BCUT2D eigenvalue weighted by molar-refractivity contribution is 7.89. The zero-order chi connectivity index (χ0) is 10.9. The van der Waals surface area contributed by atoms with Crippen LogP contribution < -0.4 is 5.14 Å². The van der Waals surface area contributed by atoms with Crippen LogP contribution in [0.2, 0.25) is 0 Å². The van der Waals surface area contributed by atoms with E-state index in [-0.39, 0.29) is 16.4 Å². The molecule has 0 radical (unpaired) electrons. The van der Waals surface area contributed by atoms with E-state index in [9.17, 15) is 18.5 Å². The van der Waals surface area contributed by atoms with Crippen LogP contribution in [0.25, 0.3) is 0 Å². The Morgan fingerprint density at radius 1 is 1.50 bits per heavy atom. The summed E-state index contributed by atoms with van der Waals surface area (Å²) < 4.78 is 21.6. The van der Waals surface area contributed by atoms with Crippen molar-refractivity contribution in [2.45, 2.75) is 11.9 Å². The first-order valence-electron chi connectivity index (χ1n) is 3.47. The van der Waals surface area contributed by atoms with Gasteiger partial charge in [-0.2, -0.15) is 0 Å². The first-order valence-corrected chi connectivity index (χ1v) is 5.02. The second-order valence-electron chi connectivity index (χ2n) is 2.56. The maximum Gasteiger partial charge on any atom is 0.290 e. The van der Waals surface area contributed by atoms with Crippen molar-refractivity contribution in [1.82, 2.24) is 4.98 Å². The molecule has 1 heterocycles. The van der Waals surface area contributed by atoms with E-state index >= 15 is 0 Å². The van der Waals surface area contributed by atoms with Crippen molar-refractivity contribution in [3.05, 3.63) is 27.9 Å². The zero-order valence-electron chi connectivity index (χ0n) is 7.17. The summed E-state index contributed by atoms with van der Waals surface area (Å²) in [7, 11) is -3.90. The van der Waals surface area contributed by atoms with Crippen LogP contribution in [-0.2, 0) is 10.0 Å². The van der Waals surface area contributed by atoms with Crippen LogP contribution in [-0.4, -0.2) is 18.3 Å². The molecule has 0 atom stereocenters. The molecule has 0 saturated heterocycles. The summed E-state index contributed by atoms with van der Waals surface area (Å²) in [6.07, 6.45) is 0. The molecule has 0 spiro atoms. The van der Waals surface area contributed by atoms with Crippen LogP contribution in [0.15, 0.2) is 17.2 Å². The van der Waals surface area contributed by atoms with Crippen LogP contribution in [0.4, 0.5) is 5.69 Å². The molecular weight excluding hydrogens is 210 g/mol. The van der Waals surface area contributed by atoms with Gasteiger partial charge in [-0.1, -0.05) is 0 Å². The molecule has 14 heavy (non-hydrogen) atoms. The van der Waals surface area contributed by atoms with Crippen molar-refractivity contribution in [2.24, 2.45) is 5.14 Å². The van der Waals surface area contributed by atoms with Gasteiger partial charge in [-0.15, -0.1) is 0 Å². The van der Waals surface area contributed by atoms with Crippen molar-refractivity contribution in [2.75, 3.05) is 0 Å². The van der Waals surface area contributed by atoms with Crippen molar-refractivity contribution < 1.29 is 13.3 Å². The third kappa shape index (κ3) is 2.03. The van der Waals surface area contributed by atoms with Gasteiger partial charge < -0.3 is 0 Å². The van der Waals surface area contributed by atoms with Gasteiger partial charge in [0.15, 0.2) is 5.03 Å². The fraction of sp³-hybridized carbons (Fsp3) is 0.167. The first-order chi connectivity index (χ1) is 6.32. The van der Waals surface area contributed by atoms with Gasteiger partial charge in [-0.05, 0) is 13.0 Å². The molecule has 76 valence electrons. The van der Waals surface area contributed by atoms with Crippen molar-refractivity contribution in [1.29, 1.82) is 0 Å². The van der Waals surface area contributed by atoms with E-state index in [0.717, 1.165) is 12.1 Å². The number of aromatic nitrogens is 1. The molecule has 0 saturated carbocycles. The maximum absolute atomic E-state index is 10.8. The molecule has 2 N–H and O–H groups in total. The van der Waals surface area contributed by atoms with E-state index in [0.29, 0.717) is 0 Å². The third-order valence-corrected chi connectivity index (χ3v) is 2.33. The van der Waals surface area contributed by atoms with Gasteiger partial charge in [-0.3, -0.25) is 10.1 Å². The standard InChI is InChI=1S/C6H7N3O4S/c1-4-5(9(10)11)2-3-6(8-4)14(7,12)13/h2-3H,1H3,(H2,7,12,13). The summed E-state index contributed by atoms with van der Waals surface area (Å²) in [5.41, 5.74) is -0.223. The lowest BCUT2D eigenvalue weighted by atomic mass is 10.3. The Morgan fingerprint density at radius 2 is 2.07 bits per heavy atom.